The molecule has 0 bridgehead atoms. The molecule has 0 spiro atoms. The highest BCUT2D eigenvalue weighted by Crippen LogP contribution is 1.99. The lowest BCUT2D eigenvalue weighted by Crippen LogP contribution is -2.33. The number of nitrogens with zero attached hydrogens (tertiary/aromatic N) is 2. The molecule has 0 aliphatic heterocycles. The molecule has 108 valence electrons. The van der Waals surface area contributed by atoms with Crippen LogP contribution in [-0.4, -0.2) is 51.6 Å². The van der Waals surface area contributed by atoms with Gasteiger partial charge in [-0.1, -0.05) is 19.8 Å². The first kappa shape index (κ1) is 19.1. The van der Waals surface area contributed by atoms with Crippen molar-refractivity contribution in [2.75, 3.05) is 34.8 Å². The van der Waals surface area contributed by atoms with Gasteiger partial charge in [-0.3, -0.25) is 9.79 Å². The van der Waals surface area contributed by atoms with Crippen molar-refractivity contribution in [3.63, 3.8) is 0 Å². The van der Waals surface area contributed by atoms with Crippen molar-refractivity contribution in [1.29, 1.82) is 0 Å². The van der Waals surface area contributed by atoms with Gasteiger partial charge >= 0.3 is 5.97 Å². The maximum atomic E-state index is 10.7. The Morgan fingerprint density at radius 3 is 2.17 bits per heavy atom. The quantitative estimate of drug-likeness (QED) is 0.354. The molecule has 0 aromatic rings. The second-order valence-corrected chi connectivity index (χ2v) is 3.95. The van der Waals surface area contributed by atoms with E-state index in [4.69, 9.17) is 4.74 Å². The molecule has 0 aliphatic carbocycles. The zero-order valence-corrected chi connectivity index (χ0v) is 12.7. The highest BCUT2D eigenvalue weighted by Gasteiger charge is 1.98. The van der Waals surface area contributed by atoms with Crippen molar-refractivity contribution >= 4 is 11.9 Å². The Morgan fingerprint density at radius 1 is 1.28 bits per heavy atom. The number of guanidine groups is 1. The molecule has 0 aromatic carbocycles. The predicted molar refractivity (Wildman–Crippen MR) is 76.9 cm³/mol. The van der Waals surface area contributed by atoms with Crippen molar-refractivity contribution in [1.82, 2.24) is 10.2 Å². The van der Waals surface area contributed by atoms with Crippen LogP contribution >= 0.6 is 0 Å². The van der Waals surface area contributed by atoms with E-state index in [0.717, 1.165) is 25.2 Å². The Kier molecular flexibility index (Phi) is 14.6. The average molecular weight is 259 g/mol. The monoisotopic (exact) mass is 259 g/mol. The van der Waals surface area contributed by atoms with Gasteiger partial charge in [0.15, 0.2) is 5.96 Å². The molecule has 0 radical (unpaired) electrons. The maximum absolute atomic E-state index is 10.7. The van der Waals surface area contributed by atoms with Crippen molar-refractivity contribution < 1.29 is 9.53 Å². The minimum absolute atomic E-state index is 0.0593. The number of ether oxygens (including phenoxy) is 1. The van der Waals surface area contributed by atoms with Gasteiger partial charge < -0.3 is 15.0 Å². The molecule has 0 saturated heterocycles. The van der Waals surface area contributed by atoms with Gasteiger partial charge in [0.2, 0.25) is 0 Å². The second-order valence-electron chi connectivity index (χ2n) is 3.95. The maximum Gasteiger partial charge on any atom is 0.305 e. The fourth-order valence-electron chi connectivity index (χ4n) is 1.29. The summed E-state index contributed by atoms with van der Waals surface area (Å²) in [7, 11) is 7.49. The summed E-state index contributed by atoms with van der Waals surface area (Å²) >= 11 is 0. The van der Waals surface area contributed by atoms with E-state index in [9.17, 15) is 4.79 Å². The Bertz CT molecular complexity index is 228. The fourth-order valence-corrected chi connectivity index (χ4v) is 1.29. The number of aliphatic imine (C=N–C) groups is 1. The minimum atomic E-state index is -0.0593. The third-order valence-corrected chi connectivity index (χ3v) is 2.15. The number of hydrogen-bond acceptors (Lipinski definition) is 3. The third-order valence-electron chi connectivity index (χ3n) is 2.15. The van der Waals surface area contributed by atoms with Crippen LogP contribution in [0, 0.1) is 0 Å². The summed E-state index contributed by atoms with van der Waals surface area (Å²) in [4.78, 5) is 16.5. The van der Waals surface area contributed by atoms with E-state index in [-0.39, 0.29) is 5.97 Å². The van der Waals surface area contributed by atoms with Gasteiger partial charge in [0.1, 0.15) is 0 Å². The van der Waals surface area contributed by atoms with Crippen LogP contribution in [0.5, 0.6) is 0 Å². The van der Waals surface area contributed by atoms with Crippen molar-refractivity contribution in [3.05, 3.63) is 0 Å². The largest absolute Gasteiger partial charge is 0.466 e. The summed E-state index contributed by atoms with van der Waals surface area (Å²) in [6.07, 6.45) is 3.83. The minimum Gasteiger partial charge on any atom is -0.466 e. The van der Waals surface area contributed by atoms with Crippen LogP contribution in [0.25, 0.3) is 0 Å². The molecule has 18 heavy (non-hydrogen) atoms. The SMILES string of the molecule is CCCCCC(=O)OCC.CN=C(NC)N(C)C. The van der Waals surface area contributed by atoms with Crippen LogP contribution < -0.4 is 5.32 Å². The molecule has 0 saturated carbocycles. The van der Waals surface area contributed by atoms with Crippen LogP contribution in [0.2, 0.25) is 0 Å². The van der Waals surface area contributed by atoms with Crippen molar-refractivity contribution in [3.8, 4) is 0 Å². The Labute approximate surface area is 112 Å². The van der Waals surface area contributed by atoms with Gasteiger partial charge in [0, 0.05) is 34.6 Å². The molecule has 0 unspecified atom stereocenters. The van der Waals surface area contributed by atoms with Crippen LogP contribution in [0.3, 0.4) is 0 Å². The van der Waals surface area contributed by atoms with Gasteiger partial charge in [0.25, 0.3) is 0 Å². The number of nitrogens with one attached hydrogen (secondary N) is 1. The lowest BCUT2D eigenvalue weighted by atomic mass is 10.2. The standard InChI is InChI=1S/C8H16O2.C5H13N3/c1-3-5-6-7-8(9)10-4-2;1-6-5(7-2)8(3)4/h3-7H2,1-2H3;1-4H3,(H,6,7). The zero-order valence-electron chi connectivity index (χ0n) is 12.7. The predicted octanol–water partition coefficient (Wildman–Crippen LogP) is 1.88. The Morgan fingerprint density at radius 2 is 1.89 bits per heavy atom. The van der Waals surface area contributed by atoms with Gasteiger partial charge in [-0.05, 0) is 13.3 Å². The molecule has 0 rings (SSSR count). The van der Waals surface area contributed by atoms with Gasteiger partial charge in [0.05, 0.1) is 6.61 Å². The molecular formula is C13H29N3O2. The summed E-state index contributed by atoms with van der Waals surface area (Å²) < 4.78 is 4.75. The van der Waals surface area contributed by atoms with Gasteiger partial charge in [-0.25, -0.2) is 0 Å². The number of esters is 1. The molecule has 0 aromatic heterocycles. The van der Waals surface area contributed by atoms with E-state index in [2.05, 4.69) is 17.2 Å². The van der Waals surface area contributed by atoms with E-state index in [1.807, 2.05) is 33.0 Å². The first-order valence-electron chi connectivity index (χ1n) is 6.50. The molecule has 0 fully saturated rings. The van der Waals surface area contributed by atoms with Gasteiger partial charge in [-0.2, -0.15) is 0 Å². The lowest BCUT2D eigenvalue weighted by molar-refractivity contribution is -0.143. The van der Waals surface area contributed by atoms with Crippen LogP contribution in [0.1, 0.15) is 39.5 Å². The summed E-state index contributed by atoms with van der Waals surface area (Å²) in [5.41, 5.74) is 0. The molecule has 0 amide bonds. The molecule has 5 nitrogen and oxygen atoms in total. The van der Waals surface area contributed by atoms with E-state index in [1.165, 1.54) is 0 Å². The molecule has 0 aliphatic rings. The average Bonchev–Trinajstić information content (AvgIpc) is 2.31. The zero-order chi connectivity index (χ0) is 14.4. The number of hydrogen-bond donors (Lipinski definition) is 1. The molecule has 0 atom stereocenters. The lowest BCUT2D eigenvalue weighted by Gasteiger charge is -2.12. The summed E-state index contributed by atoms with van der Waals surface area (Å²) in [5, 5.41) is 2.93. The van der Waals surface area contributed by atoms with Crippen LogP contribution in [0.15, 0.2) is 4.99 Å². The summed E-state index contributed by atoms with van der Waals surface area (Å²) in [5.74, 6) is 0.834. The van der Waals surface area contributed by atoms with Crippen LogP contribution in [0.4, 0.5) is 0 Å². The number of carbonyl (C=O) groups is 1. The molecule has 0 heterocycles. The van der Waals surface area contributed by atoms with E-state index < -0.39 is 0 Å². The second kappa shape index (κ2) is 13.8. The number of rotatable bonds is 5. The first-order chi connectivity index (χ1) is 8.53. The van der Waals surface area contributed by atoms with Gasteiger partial charge in [-0.15, -0.1) is 0 Å². The molecule has 1 N–H and O–H groups in total. The molecule has 5 heteroatoms. The normalized spacial score (nSPS) is 10.2. The van der Waals surface area contributed by atoms with E-state index >= 15 is 0 Å². The fraction of sp³-hybridized carbons (Fsp3) is 0.846. The van der Waals surface area contributed by atoms with Crippen LogP contribution in [-0.2, 0) is 9.53 Å². The molecular weight excluding hydrogens is 230 g/mol. The van der Waals surface area contributed by atoms with E-state index in [0.29, 0.717) is 13.0 Å². The number of unbranched alkanes of at least 4 members (excludes halogenated alkanes) is 2. The Hall–Kier alpha value is -1.26. The highest BCUT2D eigenvalue weighted by atomic mass is 16.5. The highest BCUT2D eigenvalue weighted by molar-refractivity contribution is 5.78. The Balaban J connectivity index is 0. The summed E-state index contributed by atoms with van der Waals surface area (Å²) in [6.45, 7) is 4.45. The number of carbonyl (C=O) groups excluding carboxylic acids is 1. The smallest absolute Gasteiger partial charge is 0.305 e. The third kappa shape index (κ3) is 12.8. The van der Waals surface area contributed by atoms with E-state index in [1.54, 1.807) is 7.05 Å². The summed E-state index contributed by atoms with van der Waals surface area (Å²) in [6, 6.07) is 0. The topological polar surface area (TPSA) is 53.9 Å². The first-order valence-corrected chi connectivity index (χ1v) is 6.50. The van der Waals surface area contributed by atoms with Crippen molar-refractivity contribution in [2.24, 2.45) is 4.99 Å². The van der Waals surface area contributed by atoms with Crippen molar-refractivity contribution in [2.45, 2.75) is 39.5 Å².